The Kier molecular flexibility index (Phi) is 4.68. The highest BCUT2D eigenvalue weighted by molar-refractivity contribution is 7.11. The van der Waals surface area contributed by atoms with Gasteiger partial charge in [-0.15, -0.1) is 11.3 Å². The Morgan fingerprint density at radius 3 is 3.22 bits per heavy atom. The Bertz CT molecular complexity index is 369. The molecule has 6 heteroatoms. The van der Waals surface area contributed by atoms with Crippen LogP contribution in [0.3, 0.4) is 0 Å². The van der Waals surface area contributed by atoms with Crippen molar-refractivity contribution in [1.29, 1.82) is 0 Å². The highest BCUT2D eigenvalue weighted by Gasteiger charge is 2.32. The van der Waals surface area contributed by atoms with Crippen molar-refractivity contribution in [2.45, 2.75) is 12.8 Å². The molecule has 1 atom stereocenters. The van der Waals surface area contributed by atoms with Gasteiger partial charge in [0.25, 0.3) is 5.91 Å². The van der Waals surface area contributed by atoms with Crippen molar-refractivity contribution in [3.8, 4) is 0 Å². The number of amides is 1. The normalized spacial score (nSPS) is 23.8. The third-order valence-electron chi connectivity index (χ3n) is 3.29. The SMILES string of the molecule is COCC1(CNC(=O)c2cncs2)CCCNC1. The van der Waals surface area contributed by atoms with Crippen LogP contribution in [0, 0.1) is 5.41 Å². The van der Waals surface area contributed by atoms with Crippen LogP contribution in [-0.4, -0.2) is 44.2 Å². The second kappa shape index (κ2) is 6.26. The van der Waals surface area contributed by atoms with Crippen LogP contribution in [0.1, 0.15) is 22.5 Å². The van der Waals surface area contributed by atoms with Crippen LogP contribution in [0.2, 0.25) is 0 Å². The lowest BCUT2D eigenvalue weighted by Crippen LogP contribution is -2.50. The minimum absolute atomic E-state index is 0.0212. The Balaban J connectivity index is 1.91. The van der Waals surface area contributed by atoms with Crippen molar-refractivity contribution < 1.29 is 9.53 Å². The molecule has 1 amide bonds. The highest BCUT2D eigenvalue weighted by Crippen LogP contribution is 2.25. The molecule has 0 radical (unpaired) electrons. The summed E-state index contributed by atoms with van der Waals surface area (Å²) >= 11 is 1.36. The second-order valence-electron chi connectivity index (χ2n) is 4.76. The van der Waals surface area contributed by atoms with Gasteiger partial charge in [-0.25, -0.2) is 0 Å². The molecular weight excluding hydrogens is 250 g/mol. The van der Waals surface area contributed by atoms with Crippen LogP contribution in [0.5, 0.6) is 0 Å². The number of ether oxygens (including phenoxy) is 1. The molecule has 1 aliphatic heterocycles. The van der Waals surface area contributed by atoms with Crippen LogP contribution in [0.4, 0.5) is 0 Å². The maximum absolute atomic E-state index is 11.9. The molecule has 0 spiro atoms. The summed E-state index contributed by atoms with van der Waals surface area (Å²) in [5.41, 5.74) is 1.69. The van der Waals surface area contributed by atoms with Gasteiger partial charge in [-0.05, 0) is 19.4 Å². The smallest absolute Gasteiger partial charge is 0.263 e. The summed E-state index contributed by atoms with van der Waals surface area (Å²) in [6.07, 6.45) is 3.80. The monoisotopic (exact) mass is 269 g/mol. The molecular formula is C12H19N3O2S. The van der Waals surface area contributed by atoms with Gasteiger partial charge in [-0.3, -0.25) is 9.78 Å². The number of hydrogen-bond acceptors (Lipinski definition) is 5. The Morgan fingerprint density at radius 1 is 1.72 bits per heavy atom. The molecule has 18 heavy (non-hydrogen) atoms. The third kappa shape index (κ3) is 3.28. The average molecular weight is 269 g/mol. The van der Waals surface area contributed by atoms with E-state index in [0.717, 1.165) is 25.9 Å². The molecule has 1 aromatic heterocycles. The predicted molar refractivity (Wildman–Crippen MR) is 70.9 cm³/mol. The van der Waals surface area contributed by atoms with Gasteiger partial charge >= 0.3 is 0 Å². The Hall–Kier alpha value is -0.980. The summed E-state index contributed by atoms with van der Waals surface area (Å²) in [7, 11) is 1.71. The largest absolute Gasteiger partial charge is 0.384 e. The summed E-state index contributed by atoms with van der Waals surface area (Å²) in [4.78, 5) is 16.5. The standard InChI is InChI=1S/C12H19N3O2S/c1-17-8-12(3-2-4-13-6-12)7-15-11(16)10-5-14-9-18-10/h5,9,13H,2-4,6-8H2,1H3,(H,15,16). The first kappa shape index (κ1) is 13.5. The number of rotatable bonds is 5. The van der Waals surface area contributed by atoms with Gasteiger partial charge in [0.2, 0.25) is 0 Å². The Labute approximate surface area is 111 Å². The fraction of sp³-hybridized carbons (Fsp3) is 0.667. The molecule has 0 saturated carbocycles. The molecule has 0 bridgehead atoms. The first-order valence-electron chi connectivity index (χ1n) is 6.12. The molecule has 1 fully saturated rings. The van der Waals surface area contributed by atoms with E-state index in [2.05, 4.69) is 15.6 Å². The number of thiazole rings is 1. The minimum Gasteiger partial charge on any atom is -0.384 e. The quantitative estimate of drug-likeness (QED) is 0.833. The summed E-state index contributed by atoms with van der Waals surface area (Å²) in [6, 6.07) is 0. The zero-order chi connectivity index (χ0) is 12.8. The molecule has 100 valence electrons. The van der Waals surface area contributed by atoms with Gasteiger partial charge < -0.3 is 15.4 Å². The number of carbonyl (C=O) groups excluding carboxylic acids is 1. The number of aromatic nitrogens is 1. The van der Waals surface area contributed by atoms with Gasteiger partial charge in [0.05, 0.1) is 18.3 Å². The fourth-order valence-electron chi connectivity index (χ4n) is 2.34. The molecule has 5 nitrogen and oxygen atoms in total. The zero-order valence-corrected chi connectivity index (χ0v) is 11.4. The van der Waals surface area contributed by atoms with E-state index in [1.807, 2.05) is 0 Å². The molecule has 2 heterocycles. The van der Waals surface area contributed by atoms with Crippen LogP contribution >= 0.6 is 11.3 Å². The summed E-state index contributed by atoms with van der Waals surface area (Å²) in [5.74, 6) is -0.0430. The maximum atomic E-state index is 11.9. The number of hydrogen-bond donors (Lipinski definition) is 2. The van der Waals surface area contributed by atoms with Crippen LogP contribution in [-0.2, 0) is 4.74 Å². The highest BCUT2D eigenvalue weighted by atomic mass is 32.1. The van der Waals surface area contributed by atoms with E-state index in [0.29, 0.717) is 18.0 Å². The lowest BCUT2D eigenvalue weighted by Gasteiger charge is -2.37. The molecule has 2 rings (SSSR count). The molecule has 1 aromatic rings. The number of nitrogens with zero attached hydrogens (tertiary/aromatic N) is 1. The fourth-order valence-corrected chi connectivity index (χ4v) is 2.88. The van der Waals surface area contributed by atoms with E-state index in [4.69, 9.17) is 4.74 Å². The van der Waals surface area contributed by atoms with Crippen LogP contribution < -0.4 is 10.6 Å². The van der Waals surface area contributed by atoms with E-state index >= 15 is 0 Å². The van der Waals surface area contributed by atoms with Crippen LogP contribution in [0.25, 0.3) is 0 Å². The summed E-state index contributed by atoms with van der Waals surface area (Å²) in [5, 5.41) is 6.37. The van der Waals surface area contributed by atoms with E-state index in [9.17, 15) is 4.79 Å². The third-order valence-corrected chi connectivity index (χ3v) is 4.06. The Morgan fingerprint density at radius 2 is 2.61 bits per heavy atom. The second-order valence-corrected chi connectivity index (χ2v) is 5.65. The average Bonchev–Trinajstić information content (AvgIpc) is 2.91. The van der Waals surface area contributed by atoms with Gasteiger partial charge in [-0.2, -0.15) is 0 Å². The number of piperidine rings is 1. The van der Waals surface area contributed by atoms with Gasteiger partial charge in [0.15, 0.2) is 0 Å². The molecule has 2 N–H and O–H groups in total. The van der Waals surface area contributed by atoms with Crippen molar-refractivity contribution in [2.75, 3.05) is 33.4 Å². The zero-order valence-electron chi connectivity index (χ0n) is 10.6. The first-order chi connectivity index (χ1) is 8.76. The molecule has 0 aliphatic carbocycles. The number of carbonyl (C=O) groups is 1. The van der Waals surface area contributed by atoms with Crippen molar-refractivity contribution in [3.05, 3.63) is 16.6 Å². The van der Waals surface area contributed by atoms with Gasteiger partial charge in [-0.1, -0.05) is 0 Å². The van der Waals surface area contributed by atoms with Crippen molar-refractivity contribution >= 4 is 17.2 Å². The van der Waals surface area contributed by atoms with Gasteiger partial charge in [0.1, 0.15) is 4.88 Å². The maximum Gasteiger partial charge on any atom is 0.263 e. The number of nitrogens with one attached hydrogen (secondary N) is 2. The van der Waals surface area contributed by atoms with Crippen molar-refractivity contribution in [1.82, 2.24) is 15.6 Å². The lowest BCUT2D eigenvalue weighted by atomic mass is 9.81. The molecule has 1 unspecified atom stereocenters. The van der Waals surface area contributed by atoms with E-state index in [1.54, 1.807) is 18.8 Å². The van der Waals surface area contributed by atoms with E-state index < -0.39 is 0 Å². The van der Waals surface area contributed by atoms with Crippen molar-refractivity contribution in [2.24, 2.45) is 5.41 Å². The summed E-state index contributed by atoms with van der Waals surface area (Å²) < 4.78 is 5.31. The van der Waals surface area contributed by atoms with Crippen molar-refractivity contribution in [3.63, 3.8) is 0 Å². The van der Waals surface area contributed by atoms with E-state index in [-0.39, 0.29) is 11.3 Å². The molecule has 1 aliphatic rings. The number of methoxy groups -OCH3 is 1. The molecule has 1 saturated heterocycles. The predicted octanol–water partition coefficient (Wildman–Crippen LogP) is 0.889. The first-order valence-corrected chi connectivity index (χ1v) is 7.00. The van der Waals surface area contributed by atoms with Gasteiger partial charge in [0, 0.05) is 25.6 Å². The summed E-state index contributed by atoms with van der Waals surface area (Å²) in [6.45, 7) is 3.26. The van der Waals surface area contributed by atoms with Crippen LogP contribution in [0.15, 0.2) is 11.7 Å². The topological polar surface area (TPSA) is 63.2 Å². The lowest BCUT2D eigenvalue weighted by molar-refractivity contribution is 0.0552. The molecule has 0 aromatic carbocycles. The minimum atomic E-state index is -0.0430. The van der Waals surface area contributed by atoms with E-state index in [1.165, 1.54) is 11.3 Å².